The van der Waals surface area contributed by atoms with Crippen molar-refractivity contribution in [3.8, 4) is 0 Å². The Labute approximate surface area is 164 Å². The molecule has 1 aliphatic heterocycles. The fourth-order valence-corrected chi connectivity index (χ4v) is 3.16. The molecule has 0 bridgehead atoms. The smallest absolute Gasteiger partial charge is 0.237 e. The second-order valence-electron chi connectivity index (χ2n) is 6.78. The van der Waals surface area contributed by atoms with E-state index in [1.165, 1.54) is 18.4 Å². The number of hydrogen-bond acceptors (Lipinski definition) is 3. The Bertz CT molecular complexity index is 479. The highest BCUT2D eigenvalue weighted by Crippen LogP contribution is 2.22. The summed E-state index contributed by atoms with van der Waals surface area (Å²) >= 11 is 0. The predicted molar refractivity (Wildman–Crippen MR) is 110 cm³/mol. The number of halogens is 2. The molecule has 0 spiro atoms. The maximum absolute atomic E-state index is 12.3. The molecule has 1 aliphatic rings. The Kier molecular flexibility index (Phi) is 12.1. The number of hydrogen-bond donors (Lipinski definition) is 2. The van der Waals surface area contributed by atoms with Crippen LogP contribution in [0.25, 0.3) is 0 Å². The summed E-state index contributed by atoms with van der Waals surface area (Å²) in [5, 5.41) is 6.18. The summed E-state index contributed by atoms with van der Waals surface area (Å²) in [5.41, 5.74) is 1.43. The first kappa shape index (κ1) is 24.2. The summed E-state index contributed by atoms with van der Waals surface area (Å²) in [6, 6.07) is 11.0. The number of rotatable bonds is 7. The zero-order chi connectivity index (χ0) is 16.7. The molecule has 25 heavy (non-hydrogen) atoms. The van der Waals surface area contributed by atoms with Gasteiger partial charge in [-0.15, -0.1) is 24.8 Å². The van der Waals surface area contributed by atoms with E-state index in [2.05, 4.69) is 52.8 Å². The van der Waals surface area contributed by atoms with E-state index in [-0.39, 0.29) is 36.8 Å². The number of piperidine rings is 1. The Balaban J connectivity index is 0.00000288. The number of carbonyl (C=O) groups excluding carboxylic acids is 1. The molecule has 144 valence electrons. The molecule has 1 heterocycles. The van der Waals surface area contributed by atoms with Crippen LogP contribution in [0.2, 0.25) is 0 Å². The van der Waals surface area contributed by atoms with Crippen LogP contribution in [0.5, 0.6) is 0 Å². The average molecular weight is 390 g/mol. The van der Waals surface area contributed by atoms with Gasteiger partial charge in [0.05, 0.1) is 6.04 Å². The van der Waals surface area contributed by atoms with E-state index in [4.69, 9.17) is 0 Å². The molecule has 4 nitrogen and oxygen atoms in total. The highest BCUT2D eigenvalue weighted by atomic mass is 35.5. The van der Waals surface area contributed by atoms with Gasteiger partial charge in [-0.3, -0.25) is 9.69 Å². The lowest BCUT2D eigenvalue weighted by molar-refractivity contribution is -0.126. The van der Waals surface area contributed by atoms with Crippen molar-refractivity contribution in [2.45, 2.75) is 45.2 Å². The minimum absolute atomic E-state index is 0. The Morgan fingerprint density at radius 3 is 2.32 bits per heavy atom. The van der Waals surface area contributed by atoms with Gasteiger partial charge in [0, 0.05) is 12.6 Å². The summed E-state index contributed by atoms with van der Waals surface area (Å²) in [5.74, 6) is 0.891. The van der Waals surface area contributed by atoms with Gasteiger partial charge in [0.2, 0.25) is 5.91 Å². The number of likely N-dealkylation sites (tertiary alicyclic amines) is 1. The van der Waals surface area contributed by atoms with Gasteiger partial charge in [0.1, 0.15) is 0 Å². The molecule has 0 aliphatic carbocycles. The fraction of sp³-hybridized carbons (Fsp3) is 0.632. The second kappa shape index (κ2) is 12.5. The van der Waals surface area contributed by atoms with Gasteiger partial charge in [-0.25, -0.2) is 0 Å². The number of nitrogens with zero attached hydrogens (tertiary/aromatic N) is 1. The number of amides is 1. The van der Waals surface area contributed by atoms with Crippen LogP contribution in [0.3, 0.4) is 0 Å². The normalized spacial score (nSPS) is 17.7. The predicted octanol–water partition coefficient (Wildman–Crippen LogP) is 2.90. The maximum atomic E-state index is 12.3. The monoisotopic (exact) mass is 389 g/mol. The molecule has 2 N–H and O–H groups in total. The maximum Gasteiger partial charge on any atom is 0.237 e. The van der Waals surface area contributed by atoms with E-state index in [1.807, 2.05) is 14.0 Å². The van der Waals surface area contributed by atoms with Crippen LogP contribution in [0, 0.1) is 5.92 Å². The molecule has 6 heteroatoms. The van der Waals surface area contributed by atoms with Crippen molar-refractivity contribution >= 4 is 30.7 Å². The van der Waals surface area contributed by atoms with Gasteiger partial charge in [-0.05, 0) is 64.7 Å². The minimum Gasteiger partial charge on any atom is -0.353 e. The average Bonchev–Trinajstić information content (AvgIpc) is 2.60. The standard InChI is InChI=1S/C19H31N3O.2ClH/c1-15(20-3)14-21-19(23)16(2)22-11-9-18(10-12-22)13-17-7-5-4-6-8-17;;/h4-8,15-16,18,20H,9-14H2,1-3H3,(H,21,23);2*1H. The fourth-order valence-electron chi connectivity index (χ4n) is 3.16. The lowest BCUT2D eigenvalue weighted by Crippen LogP contribution is -2.50. The zero-order valence-electron chi connectivity index (χ0n) is 15.5. The third kappa shape index (κ3) is 7.95. The second-order valence-corrected chi connectivity index (χ2v) is 6.78. The van der Waals surface area contributed by atoms with Crippen LogP contribution < -0.4 is 10.6 Å². The molecule has 1 saturated heterocycles. The van der Waals surface area contributed by atoms with Gasteiger partial charge in [0.15, 0.2) is 0 Å². The molecule has 0 radical (unpaired) electrons. The molecular weight excluding hydrogens is 357 g/mol. The molecule has 2 unspecified atom stereocenters. The largest absolute Gasteiger partial charge is 0.353 e. The lowest BCUT2D eigenvalue weighted by atomic mass is 9.89. The molecule has 1 amide bonds. The van der Waals surface area contributed by atoms with Gasteiger partial charge in [-0.2, -0.15) is 0 Å². The molecule has 1 aromatic carbocycles. The van der Waals surface area contributed by atoms with Crippen LogP contribution in [0.4, 0.5) is 0 Å². The molecule has 1 fully saturated rings. The number of carbonyl (C=O) groups is 1. The topological polar surface area (TPSA) is 44.4 Å². The molecule has 1 aromatic rings. The van der Waals surface area contributed by atoms with Gasteiger partial charge in [-0.1, -0.05) is 30.3 Å². The van der Waals surface area contributed by atoms with E-state index in [0.29, 0.717) is 12.6 Å². The number of likely N-dealkylation sites (N-methyl/N-ethyl adjacent to an activating group) is 1. The van der Waals surface area contributed by atoms with Gasteiger partial charge >= 0.3 is 0 Å². The highest BCUT2D eigenvalue weighted by Gasteiger charge is 2.26. The first-order chi connectivity index (χ1) is 11.1. The van der Waals surface area contributed by atoms with Crippen LogP contribution in [0.1, 0.15) is 32.3 Å². The van der Waals surface area contributed by atoms with E-state index < -0.39 is 0 Å². The van der Waals surface area contributed by atoms with E-state index in [9.17, 15) is 4.79 Å². The van der Waals surface area contributed by atoms with Crippen molar-refractivity contribution in [3.05, 3.63) is 35.9 Å². The highest BCUT2D eigenvalue weighted by molar-refractivity contribution is 5.85. The van der Waals surface area contributed by atoms with Crippen molar-refractivity contribution in [1.29, 1.82) is 0 Å². The third-order valence-electron chi connectivity index (χ3n) is 5.02. The van der Waals surface area contributed by atoms with Crippen LogP contribution in [0.15, 0.2) is 30.3 Å². The molecular formula is C19H33Cl2N3O. The quantitative estimate of drug-likeness (QED) is 0.753. The first-order valence-electron chi connectivity index (χ1n) is 8.83. The van der Waals surface area contributed by atoms with Crippen molar-refractivity contribution in [2.24, 2.45) is 5.92 Å². The lowest BCUT2D eigenvalue weighted by Gasteiger charge is -2.35. The summed E-state index contributed by atoms with van der Waals surface area (Å²) in [6.07, 6.45) is 3.52. The third-order valence-corrected chi connectivity index (χ3v) is 5.02. The Hall–Kier alpha value is -0.810. The summed E-state index contributed by atoms with van der Waals surface area (Å²) in [7, 11) is 1.91. The van der Waals surface area contributed by atoms with E-state index in [0.717, 1.165) is 25.4 Å². The van der Waals surface area contributed by atoms with Gasteiger partial charge < -0.3 is 10.6 Å². The molecule has 2 rings (SSSR count). The van der Waals surface area contributed by atoms with Crippen molar-refractivity contribution < 1.29 is 4.79 Å². The van der Waals surface area contributed by atoms with Crippen molar-refractivity contribution in [3.63, 3.8) is 0 Å². The summed E-state index contributed by atoms with van der Waals surface area (Å²) < 4.78 is 0. The molecule has 0 saturated carbocycles. The van der Waals surface area contributed by atoms with E-state index >= 15 is 0 Å². The van der Waals surface area contributed by atoms with Crippen LogP contribution >= 0.6 is 24.8 Å². The molecule has 2 atom stereocenters. The summed E-state index contributed by atoms with van der Waals surface area (Å²) in [6.45, 7) is 6.82. The number of nitrogens with one attached hydrogen (secondary N) is 2. The Morgan fingerprint density at radius 1 is 1.16 bits per heavy atom. The first-order valence-corrected chi connectivity index (χ1v) is 8.83. The molecule has 0 aromatic heterocycles. The minimum atomic E-state index is -0.0308. The van der Waals surface area contributed by atoms with Crippen LogP contribution in [-0.2, 0) is 11.2 Å². The van der Waals surface area contributed by atoms with Crippen molar-refractivity contribution in [2.75, 3.05) is 26.7 Å². The zero-order valence-corrected chi connectivity index (χ0v) is 17.2. The van der Waals surface area contributed by atoms with Gasteiger partial charge in [0.25, 0.3) is 0 Å². The number of benzene rings is 1. The summed E-state index contributed by atoms with van der Waals surface area (Å²) in [4.78, 5) is 14.6. The SMILES string of the molecule is CNC(C)CNC(=O)C(C)N1CCC(Cc2ccccc2)CC1.Cl.Cl. The Morgan fingerprint density at radius 2 is 1.76 bits per heavy atom. The van der Waals surface area contributed by atoms with Crippen molar-refractivity contribution in [1.82, 2.24) is 15.5 Å². The van der Waals surface area contributed by atoms with E-state index in [1.54, 1.807) is 0 Å². The van der Waals surface area contributed by atoms with Crippen LogP contribution in [-0.4, -0.2) is 49.6 Å².